The van der Waals surface area contributed by atoms with Gasteiger partial charge in [0.1, 0.15) is 6.54 Å². The molecule has 0 amide bonds. The Bertz CT molecular complexity index is 1270. The van der Waals surface area contributed by atoms with Crippen LogP contribution in [0, 0.1) is 6.92 Å². The number of nitrogens with zero attached hydrogens (tertiary/aromatic N) is 7. The minimum atomic E-state index is -0.307. The van der Waals surface area contributed by atoms with Crippen molar-refractivity contribution in [3.8, 4) is 0 Å². The van der Waals surface area contributed by atoms with Gasteiger partial charge < -0.3 is 53.9 Å². The Labute approximate surface area is 490 Å². The SMILES string of the molecule is CCCCCC[n+]1cccc(C)c1.CCCCCI.CCCC[I-]C.CCCI(C)C.CC[I-]C.C[I-]C.[I-].c1c[nH]cn1.c1c[nH]cn1.c1c[nH]cn1.c1c[nH]cn1.c1c[nH]cn1.c1c[nH]cn1. The molecule has 7 rings (SSSR count). The first-order valence-electron chi connectivity index (χ1n) is 23.0. The van der Waals surface area contributed by atoms with Gasteiger partial charge in [-0.15, -0.1) is 0 Å². The number of unbranched alkanes of at least 4 members (excludes halogenated alkanes) is 6. The molecule has 0 unspecified atom stereocenters. The molecule has 0 aliphatic rings. The van der Waals surface area contributed by atoms with Gasteiger partial charge >= 0.3 is 166 Å². The van der Waals surface area contributed by atoms with Crippen molar-refractivity contribution < 1.29 is 92.2 Å². The fraction of sp³-hybridized carbons (Fsp3) is 0.540. The third-order valence-electron chi connectivity index (χ3n) is 6.96. The molecule has 7 heterocycles. The zero-order valence-corrected chi connectivity index (χ0v) is 57.2. The van der Waals surface area contributed by atoms with Gasteiger partial charge in [-0.1, -0.05) is 62.1 Å². The maximum atomic E-state index is 3.67. The Balaban J connectivity index is -0.000000160. The number of H-pyrrole nitrogens is 6. The predicted octanol–water partition coefficient (Wildman–Crippen LogP) is 0.664. The maximum Gasteiger partial charge on any atom is 0.0919 e. The van der Waals surface area contributed by atoms with Crippen LogP contribution in [0.4, 0.5) is 0 Å². The van der Waals surface area contributed by atoms with Crippen molar-refractivity contribution in [2.45, 2.75) is 112 Å². The van der Waals surface area contributed by atoms with E-state index in [0.717, 1.165) is 0 Å². The summed E-state index contributed by atoms with van der Waals surface area (Å²) >= 11 is 3.91. The molecule has 0 spiro atoms. The van der Waals surface area contributed by atoms with Crippen LogP contribution in [-0.2, 0) is 6.54 Å². The van der Waals surface area contributed by atoms with Crippen LogP contribution >= 0.6 is 42.4 Å². The molecule has 0 aliphatic carbocycles. The van der Waals surface area contributed by atoms with Crippen LogP contribution in [0.3, 0.4) is 0 Å². The van der Waals surface area contributed by atoms with Gasteiger partial charge in [-0.2, -0.15) is 0 Å². The molecule has 6 N–H and O–H groups in total. The number of aryl methyl sites for hydroxylation is 2. The monoisotopic (exact) mass is 1640 g/mol. The normalized spacial score (nSPS) is 8.86. The van der Waals surface area contributed by atoms with E-state index < -0.39 is 0 Å². The van der Waals surface area contributed by atoms with Crippen molar-refractivity contribution in [3.05, 3.63) is 142 Å². The van der Waals surface area contributed by atoms with Crippen LogP contribution < -0.4 is 92.2 Å². The topological polar surface area (TPSA) is 176 Å². The fourth-order valence-corrected chi connectivity index (χ4v) is 8.02. The molecule has 7 aromatic rings. The van der Waals surface area contributed by atoms with Crippen LogP contribution in [0.1, 0.15) is 104 Å². The zero-order valence-electron chi connectivity index (χ0n) is 44.2. The quantitative estimate of drug-likeness (QED) is 0.0404. The first kappa shape index (κ1) is 79.2. The van der Waals surface area contributed by atoms with Gasteiger partial charge in [0, 0.05) is 92.4 Å². The fourth-order valence-electron chi connectivity index (χ4n) is 3.79. The summed E-state index contributed by atoms with van der Waals surface area (Å²) in [7, 11) is 0. The van der Waals surface area contributed by atoms with Gasteiger partial charge in [0.15, 0.2) is 12.4 Å². The minimum Gasteiger partial charge on any atom is -1.00 e. The van der Waals surface area contributed by atoms with Crippen molar-refractivity contribution in [1.29, 1.82) is 0 Å². The number of imidazole rings is 6. The average molecular weight is 1640 g/mol. The average Bonchev–Trinajstić information content (AvgIpc) is 4.23. The van der Waals surface area contributed by atoms with Crippen LogP contribution in [0.5, 0.6) is 0 Å². The number of hydrogen-bond donors (Lipinski definition) is 6. The smallest absolute Gasteiger partial charge is 0.0919 e. The molecule has 0 saturated heterocycles. The van der Waals surface area contributed by atoms with E-state index in [1.54, 1.807) is 112 Å². The van der Waals surface area contributed by atoms with Crippen LogP contribution in [0.15, 0.2) is 137 Å². The molecule has 13 nitrogen and oxygen atoms in total. The number of nitrogens with one attached hydrogen (secondary N) is 6. The third kappa shape index (κ3) is 93.4. The minimum absolute atomic E-state index is 0. The molecule has 0 aliphatic heterocycles. The number of alkyl halides is 10. The number of halogens is 6. The number of rotatable bonds is 14. The molecule has 0 bridgehead atoms. The first-order chi connectivity index (χ1) is 33.3. The molecular formula is C50H94I6N13-3. The van der Waals surface area contributed by atoms with E-state index in [4.69, 9.17) is 0 Å². The van der Waals surface area contributed by atoms with Gasteiger partial charge in [0.25, 0.3) is 0 Å². The van der Waals surface area contributed by atoms with Crippen molar-refractivity contribution in [2.24, 2.45) is 0 Å². The number of aromatic amines is 6. The molecule has 7 aromatic heterocycles. The second-order valence-electron chi connectivity index (χ2n) is 13.5. The van der Waals surface area contributed by atoms with E-state index in [0.29, 0.717) is 63.6 Å². The van der Waals surface area contributed by atoms with Crippen LogP contribution in [0.25, 0.3) is 0 Å². The van der Waals surface area contributed by atoms with Crippen molar-refractivity contribution >= 4 is 42.4 Å². The molecule has 0 aromatic carbocycles. The van der Waals surface area contributed by atoms with Crippen molar-refractivity contribution in [2.75, 3.05) is 47.3 Å². The molecule has 19 heteroatoms. The molecular weight excluding hydrogens is 1540 g/mol. The Kier molecular flexibility index (Phi) is 92.8. The summed E-state index contributed by atoms with van der Waals surface area (Å²) in [6.07, 6.45) is 48.6. The van der Waals surface area contributed by atoms with Gasteiger partial charge in [-0.05, 0) is 30.3 Å². The molecule has 0 radical (unpaired) electrons. The Hall–Kier alpha value is -1.21. The third-order valence-corrected chi connectivity index (χ3v) is 14.3. The summed E-state index contributed by atoms with van der Waals surface area (Å²) < 4.78 is 8.09. The van der Waals surface area contributed by atoms with E-state index in [1.807, 2.05) is 0 Å². The summed E-state index contributed by atoms with van der Waals surface area (Å²) in [6, 6.07) is 4.26. The second-order valence-corrected chi connectivity index (χ2v) is 28.6. The second kappa shape index (κ2) is 80.9. The van der Waals surface area contributed by atoms with E-state index in [1.165, 1.54) is 94.0 Å². The zero-order chi connectivity index (χ0) is 51.5. The number of pyridine rings is 1. The molecule has 69 heavy (non-hydrogen) atoms. The maximum absolute atomic E-state index is 3.67. The summed E-state index contributed by atoms with van der Waals surface area (Å²) in [5.74, 6) is 0. The molecule has 404 valence electrons. The Morgan fingerprint density at radius 2 is 0.899 bits per heavy atom. The van der Waals surface area contributed by atoms with Crippen LogP contribution in [0.2, 0.25) is 0 Å². The van der Waals surface area contributed by atoms with Crippen molar-refractivity contribution in [3.63, 3.8) is 0 Å². The molecule has 0 atom stereocenters. The molecule has 0 saturated carbocycles. The van der Waals surface area contributed by atoms with Gasteiger partial charge in [0.2, 0.25) is 0 Å². The summed E-state index contributed by atoms with van der Waals surface area (Å²) in [5.41, 5.74) is 1.35. The molecule has 0 fully saturated rings. The van der Waals surface area contributed by atoms with Gasteiger partial charge in [0.05, 0.1) is 38.0 Å². The largest absolute Gasteiger partial charge is 1.00 e. The Morgan fingerprint density at radius 1 is 0.536 bits per heavy atom. The Morgan fingerprint density at radius 3 is 1.07 bits per heavy atom. The summed E-state index contributed by atoms with van der Waals surface area (Å²) in [6.45, 7) is 14.5. The number of hydrogen-bond acceptors (Lipinski definition) is 6. The van der Waals surface area contributed by atoms with E-state index in [9.17, 15) is 0 Å². The van der Waals surface area contributed by atoms with E-state index in [2.05, 4.69) is 183 Å². The number of aromatic nitrogens is 13. The summed E-state index contributed by atoms with van der Waals surface area (Å²) in [5, 5.41) is 0. The van der Waals surface area contributed by atoms with Gasteiger partial charge in [-0.25, -0.2) is 34.5 Å². The standard InChI is InChI=1S/C12H20N.C5H13I.C5H12I.C5H11I.C3H8I.6C3H4N2.C2H6I.HI/c1-3-4-5-6-9-13-10-7-8-12(2)11-13;1-4-5-6(2)3;1-3-4-5-6-2;1-2-3-4-5-6;1-3-4-2;6*1-2-5-3-4-1;1-3-2;/h7-8,10-11H,3-6,9H2,1-2H3;4-5H2,1-3H3;3-5H2,1-2H3;2-5H2,1H3;3H2,1-2H3;6*1-3H,(H,4,5);1-2H3;1H/q+1;;-1;;-1;;;;;;;-1;/p-1. The van der Waals surface area contributed by atoms with Gasteiger partial charge in [-0.3, -0.25) is 0 Å². The van der Waals surface area contributed by atoms with Crippen molar-refractivity contribution in [1.82, 2.24) is 59.8 Å². The predicted molar refractivity (Wildman–Crippen MR) is 300 cm³/mol. The van der Waals surface area contributed by atoms with E-state index >= 15 is 0 Å². The van der Waals surface area contributed by atoms with Crippen LogP contribution in [-0.4, -0.2) is 107 Å². The first-order valence-corrected chi connectivity index (χ1v) is 42.1. The van der Waals surface area contributed by atoms with E-state index in [-0.39, 0.29) is 43.8 Å². The summed E-state index contributed by atoms with van der Waals surface area (Å²) in [4.78, 5) is 52.4.